The summed E-state index contributed by atoms with van der Waals surface area (Å²) < 4.78 is 26.0. The molecule has 1 aliphatic heterocycles. The first-order valence-electron chi connectivity index (χ1n) is 5.24. The average molecular weight is 261 g/mol. The number of imide groups is 1. The molecule has 1 aromatic carbocycles. The predicted molar refractivity (Wildman–Crippen MR) is 59.5 cm³/mol. The monoisotopic (exact) mass is 261 g/mol. The van der Waals surface area contributed by atoms with Crippen LogP contribution in [0, 0.1) is 11.6 Å². The van der Waals surface area contributed by atoms with Crippen LogP contribution in [-0.2, 0) is 0 Å². The van der Waals surface area contributed by atoms with E-state index >= 15 is 0 Å². The van der Waals surface area contributed by atoms with Gasteiger partial charge in [-0.3, -0.25) is 9.59 Å². The van der Waals surface area contributed by atoms with Crippen molar-refractivity contribution in [2.75, 3.05) is 4.90 Å². The number of carbonyl (C=O) groups is 2. The maximum absolute atomic E-state index is 13.2. The zero-order chi connectivity index (χ0) is 13.6. The molecule has 0 spiro atoms. The SMILES string of the molecule is O=C1c2nccnc2C(=O)N1c1ccc(F)c(F)c1. The van der Waals surface area contributed by atoms with Gasteiger partial charge in [-0.1, -0.05) is 0 Å². The van der Waals surface area contributed by atoms with Gasteiger partial charge in [0.05, 0.1) is 5.69 Å². The van der Waals surface area contributed by atoms with Gasteiger partial charge in [0.1, 0.15) is 0 Å². The van der Waals surface area contributed by atoms with Gasteiger partial charge in [-0.25, -0.2) is 23.6 Å². The van der Waals surface area contributed by atoms with Crippen LogP contribution >= 0.6 is 0 Å². The lowest BCUT2D eigenvalue weighted by Crippen LogP contribution is -2.29. The molecule has 0 radical (unpaired) electrons. The van der Waals surface area contributed by atoms with Gasteiger partial charge in [0.2, 0.25) is 0 Å². The Morgan fingerprint density at radius 1 is 0.895 bits per heavy atom. The summed E-state index contributed by atoms with van der Waals surface area (Å²) in [4.78, 5) is 32.2. The topological polar surface area (TPSA) is 63.2 Å². The van der Waals surface area contributed by atoms with E-state index < -0.39 is 23.4 Å². The fourth-order valence-corrected chi connectivity index (χ4v) is 1.81. The lowest BCUT2D eigenvalue weighted by molar-refractivity contribution is 0.0923. The molecule has 0 N–H and O–H groups in total. The van der Waals surface area contributed by atoms with Crippen molar-refractivity contribution in [1.29, 1.82) is 0 Å². The minimum atomic E-state index is -1.14. The minimum absolute atomic E-state index is 0.0614. The third kappa shape index (κ3) is 1.59. The summed E-state index contributed by atoms with van der Waals surface area (Å²) >= 11 is 0. The molecule has 0 atom stereocenters. The molecule has 0 aliphatic carbocycles. The highest BCUT2D eigenvalue weighted by Crippen LogP contribution is 2.26. The Morgan fingerprint density at radius 2 is 1.47 bits per heavy atom. The van der Waals surface area contributed by atoms with Crippen LogP contribution < -0.4 is 4.90 Å². The van der Waals surface area contributed by atoms with E-state index in [1.165, 1.54) is 12.4 Å². The van der Waals surface area contributed by atoms with Crippen molar-refractivity contribution in [3.63, 3.8) is 0 Å². The molecule has 1 aliphatic rings. The van der Waals surface area contributed by atoms with Gasteiger partial charge in [-0.2, -0.15) is 0 Å². The number of rotatable bonds is 1. The third-order valence-electron chi connectivity index (χ3n) is 2.67. The van der Waals surface area contributed by atoms with Gasteiger partial charge in [0, 0.05) is 18.5 Å². The highest BCUT2D eigenvalue weighted by Gasteiger charge is 2.39. The van der Waals surface area contributed by atoms with E-state index in [0.717, 1.165) is 18.2 Å². The Morgan fingerprint density at radius 3 is 2.00 bits per heavy atom. The van der Waals surface area contributed by atoms with Crippen LogP contribution in [0.15, 0.2) is 30.6 Å². The Kier molecular flexibility index (Phi) is 2.34. The molecule has 2 aromatic rings. The third-order valence-corrected chi connectivity index (χ3v) is 2.67. The van der Waals surface area contributed by atoms with Crippen molar-refractivity contribution >= 4 is 17.5 Å². The summed E-state index contributed by atoms with van der Waals surface area (Å²) in [5, 5.41) is 0. The standard InChI is InChI=1S/C12H5F2N3O2/c13-7-2-1-6(5-8(7)14)17-11(18)9-10(12(17)19)16-4-3-15-9/h1-5H. The Hall–Kier alpha value is -2.70. The van der Waals surface area contributed by atoms with Crippen LogP contribution in [0.5, 0.6) is 0 Å². The largest absolute Gasteiger partial charge is 0.286 e. The molecule has 0 bridgehead atoms. The van der Waals surface area contributed by atoms with E-state index in [1.807, 2.05) is 0 Å². The maximum Gasteiger partial charge on any atom is 0.286 e. The lowest BCUT2D eigenvalue weighted by atomic mass is 10.2. The number of carbonyl (C=O) groups excluding carboxylic acids is 2. The zero-order valence-corrected chi connectivity index (χ0v) is 9.30. The Balaban J connectivity index is 2.11. The molecule has 0 unspecified atom stereocenters. The highest BCUT2D eigenvalue weighted by molar-refractivity contribution is 6.33. The highest BCUT2D eigenvalue weighted by atomic mass is 19.2. The number of benzene rings is 1. The van der Waals surface area contributed by atoms with Crippen LogP contribution in [0.2, 0.25) is 0 Å². The van der Waals surface area contributed by atoms with Gasteiger partial charge in [-0.05, 0) is 12.1 Å². The summed E-state index contributed by atoms with van der Waals surface area (Å²) in [6, 6.07) is 2.76. The molecule has 7 heteroatoms. The molecular formula is C12H5F2N3O2. The normalized spacial score (nSPS) is 13.9. The minimum Gasteiger partial charge on any atom is -0.266 e. The van der Waals surface area contributed by atoms with E-state index in [4.69, 9.17) is 0 Å². The van der Waals surface area contributed by atoms with E-state index in [0.29, 0.717) is 4.90 Å². The molecule has 19 heavy (non-hydrogen) atoms. The number of anilines is 1. The molecule has 0 fully saturated rings. The van der Waals surface area contributed by atoms with Crippen molar-refractivity contribution in [2.24, 2.45) is 0 Å². The molecule has 0 saturated heterocycles. The van der Waals surface area contributed by atoms with E-state index in [9.17, 15) is 18.4 Å². The second kappa shape index (κ2) is 3.91. The zero-order valence-electron chi connectivity index (χ0n) is 9.30. The number of aromatic nitrogens is 2. The number of hydrogen-bond acceptors (Lipinski definition) is 4. The number of halogens is 2. The molecular weight excluding hydrogens is 256 g/mol. The molecule has 1 aromatic heterocycles. The van der Waals surface area contributed by atoms with Crippen LogP contribution in [0.4, 0.5) is 14.5 Å². The van der Waals surface area contributed by atoms with E-state index in [-0.39, 0.29) is 17.1 Å². The molecule has 2 heterocycles. The number of fused-ring (bicyclic) bond motifs is 1. The van der Waals surface area contributed by atoms with Gasteiger partial charge >= 0.3 is 0 Å². The van der Waals surface area contributed by atoms with Gasteiger partial charge < -0.3 is 0 Å². The predicted octanol–water partition coefficient (Wildman–Crippen LogP) is 1.56. The molecule has 3 rings (SSSR count). The van der Waals surface area contributed by atoms with E-state index in [2.05, 4.69) is 9.97 Å². The number of nitrogens with zero attached hydrogens (tertiary/aromatic N) is 3. The van der Waals surface area contributed by atoms with Crippen LogP contribution in [0.1, 0.15) is 21.0 Å². The summed E-state index contributed by atoms with van der Waals surface area (Å²) in [6.07, 6.45) is 2.55. The number of amides is 2. The quantitative estimate of drug-likeness (QED) is 0.731. The molecule has 2 amide bonds. The van der Waals surface area contributed by atoms with Crippen molar-refractivity contribution in [1.82, 2.24) is 9.97 Å². The smallest absolute Gasteiger partial charge is 0.266 e. The fraction of sp³-hybridized carbons (Fsp3) is 0. The van der Waals surface area contributed by atoms with Crippen LogP contribution in [0.3, 0.4) is 0 Å². The van der Waals surface area contributed by atoms with Crippen LogP contribution in [-0.4, -0.2) is 21.8 Å². The Labute approximate surface area is 105 Å². The van der Waals surface area contributed by atoms with Crippen molar-refractivity contribution < 1.29 is 18.4 Å². The van der Waals surface area contributed by atoms with Gasteiger partial charge in [0.25, 0.3) is 11.8 Å². The molecule has 94 valence electrons. The lowest BCUT2D eigenvalue weighted by Gasteiger charge is -2.13. The first kappa shape index (κ1) is 11.4. The number of hydrogen-bond donors (Lipinski definition) is 0. The van der Waals surface area contributed by atoms with Crippen molar-refractivity contribution in [3.8, 4) is 0 Å². The molecule has 0 saturated carbocycles. The summed E-state index contributed by atoms with van der Waals surface area (Å²) in [7, 11) is 0. The second-order valence-electron chi connectivity index (χ2n) is 3.80. The maximum atomic E-state index is 13.2. The average Bonchev–Trinajstić information content (AvgIpc) is 2.66. The van der Waals surface area contributed by atoms with Crippen LogP contribution in [0.25, 0.3) is 0 Å². The molecule has 5 nitrogen and oxygen atoms in total. The van der Waals surface area contributed by atoms with E-state index in [1.54, 1.807) is 0 Å². The Bertz CT molecular complexity index is 683. The first-order chi connectivity index (χ1) is 9.09. The summed E-state index contributed by atoms with van der Waals surface area (Å²) in [5.41, 5.74) is -0.261. The fourth-order valence-electron chi connectivity index (χ4n) is 1.81. The first-order valence-corrected chi connectivity index (χ1v) is 5.24. The van der Waals surface area contributed by atoms with Gasteiger partial charge in [0.15, 0.2) is 23.0 Å². The second-order valence-corrected chi connectivity index (χ2v) is 3.80. The summed E-state index contributed by atoms with van der Waals surface area (Å²) in [5.74, 6) is -3.62. The van der Waals surface area contributed by atoms with Gasteiger partial charge in [-0.15, -0.1) is 0 Å². The van der Waals surface area contributed by atoms with Crippen molar-refractivity contribution in [2.45, 2.75) is 0 Å². The van der Waals surface area contributed by atoms with Crippen molar-refractivity contribution in [3.05, 3.63) is 53.6 Å². The summed E-state index contributed by atoms with van der Waals surface area (Å²) in [6.45, 7) is 0.